The highest BCUT2D eigenvalue weighted by Gasteiger charge is 2.38. The summed E-state index contributed by atoms with van der Waals surface area (Å²) in [7, 11) is 1.61. The molecule has 1 amide bonds. The van der Waals surface area contributed by atoms with Crippen LogP contribution in [0.15, 0.2) is 48.7 Å². The van der Waals surface area contributed by atoms with Crippen molar-refractivity contribution in [3.05, 3.63) is 59.9 Å². The van der Waals surface area contributed by atoms with Gasteiger partial charge in [0, 0.05) is 30.9 Å². The van der Waals surface area contributed by atoms with Crippen molar-refractivity contribution in [1.29, 1.82) is 0 Å². The Bertz CT molecular complexity index is 612. The van der Waals surface area contributed by atoms with E-state index in [1.807, 2.05) is 12.1 Å². The lowest BCUT2D eigenvalue weighted by atomic mass is 10.1. The number of carbonyl (C=O) groups is 1. The average molecular weight is 267 g/mol. The molecule has 2 N–H and O–H groups in total. The number of anilines is 1. The number of carbonyl (C=O) groups excluding carboxylic acids is 1. The van der Waals surface area contributed by atoms with Gasteiger partial charge in [-0.25, -0.2) is 0 Å². The molecule has 0 saturated heterocycles. The number of benzene rings is 1. The van der Waals surface area contributed by atoms with Crippen LogP contribution < -0.4 is 10.6 Å². The van der Waals surface area contributed by atoms with Gasteiger partial charge in [0.1, 0.15) is 5.69 Å². The number of nitrogens with one attached hydrogen (secondary N) is 2. The zero-order valence-corrected chi connectivity index (χ0v) is 11.3. The van der Waals surface area contributed by atoms with E-state index in [0.29, 0.717) is 17.7 Å². The molecule has 2 aromatic rings. The van der Waals surface area contributed by atoms with E-state index >= 15 is 0 Å². The first-order valence-corrected chi connectivity index (χ1v) is 6.77. The second-order valence-electron chi connectivity index (χ2n) is 5.01. The van der Waals surface area contributed by atoms with Gasteiger partial charge in [-0.05, 0) is 24.1 Å². The molecule has 102 valence electrons. The number of aromatic nitrogens is 1. The first kappa shape index (κ1) is 12.7. The molecule has 2 unspecified atom stereocenters. The minimum Gasteiger partial charge on any atom is -0.382 e. The molecular weight excluding hydrogens is 250 g/mol. The normalized spacial score (nSPS) is 20.2. The molecule has 0 bridgehead atoms. The summed E-state index contributed by atoms with van der Waals surface area (Å²) in [5.74, 6) is 0.400. The van der Waals surface area contributed by atoms with Gasteiger partial charge < -0.3 is 10.6 Å². The third kappa shape index (κ3) is 2.64. The molecule has 0 spiro atoms. The Morgan fingerprint density at radius 1 is 1.25 bits per heavy atom. The van der Waals surface area contributed by atoms with Crippen molar-refractivity contribution >= 4 is 11.6 Å². The van der Waals surface area contributed by atoms with E-state index in [-0.39, 0.29) is 5.91 Å². The first-order chi connectivity index (χ1) is 9.78. The zero-order chi connectivity index (χ0) is 13.9. The molecule has 1 aromatic carbocycles. The van der Waals surface area contributed by atoms with Crippen molar-refractivity contribution in [3.63, 3.8) is 0 Å². The van der Waals surface area contributed by atoms with Gasteiger partial charge in [-0.15, -0.1) is 0 Å². The fourth-order valence-electron chi connectivity index (χ4n) is 2.41. The topological polar surface area (TPSA) is 54.0 Å². The van der Waals surface area contributed by atoms with Crippen LogP contribution in [0.25, 0.3) is 0 Å². The van der Waals surface area contributed by atoms with E-state index in [1.165, 1.54) is 5.56 Å². The van der Waals surface area contributed by atoms with E-state index in [4.69, 9.17) is 0 Å². The van der Waals surface area contributed by atoms with Crippen LogP contribution in [0.1, 0.15) is 28.4 Å². The molecule has 0 aliphatic heterocycles. The van der Waals surface area contributed by atoms with Gasteiger partial charge in [-0.2, -0.15) is 0 Å². The highest BCUT2D eigenvalue weighted by atomic mass is 16.1. The van der Waals surface area contributed by atoms with Crippen LogP contribution in [-0.4, -0.2) is 24.0 Å². The Morgan fingerprint density at radius 2 is 2.05 bits per heavy atom. The zero-order valence-electron chi connectivity index (χ0n) is 11.3. The summed E-state index contributed by atoms with van der Waals surface area (Å²) in [5.41, 5.74) is 2.75. The Morgan fingerprint density at radius 3 is 2.80 bits per heavy atom. The maximum Gasteiger partial charge on any atom is 0.269 e. The highest BCUT2D eigenvalue weighted by molar-refractivity contribution is 5.92. The quantitative estimate of drug-likeness (QED) is 0.894. The van der Waals surface area contributed by atoms with Crippen LogP contribution in [0, 0.1) is 0 Å². The maximum atomic E-state index is 11.6. The molecule has 0 radical (unpaired) electrons. The lowest BCUT2D eigenvalue weighted by Gasteiger charge is -2.07. The average Bonchev–Trinajstić information content (AvgIpc) is 3.27. The summed E-state index contributed by atoms with van der Waals surface area (Å²) >= 11 is 0. The summed E-state index contributed by atoms with van der Waals surface area (Å²) in [6.45, 7) is 0. The lowest BCUT2D eigenvalue weighted by molar-refractivity contribution is 0.0958. The van der Waals surface area contributed by atoms with Gasteiger partial charge in [0.2, 0.25) is 0 Å². The van der Waals surface area contributed by atoms with Crippen molar-refractivity contribution < 1.29 is 4.79 Å². The van der Waals surface area contributed by atoms with Gasteiger partial charge in [0.25, 0.3) is 5.91 Å². The fraction of sp³-hybridized carbons (Fsp3) is 0.250. The van der Waals surface area contributed by atoms with Gasteiger partial charge in [0.15, 0.2) is 0 Å². The van der Waals surface area contributed by atoms with Gasteiger partial charge in [-0.1, -0.05) is 30.3 Å². The molecule has 1 heterocycles. The van der Waals surface area contributed by atoms with Crippen LogP contribution in [0.2, 0.25) is 0 Å². The SMILES string of the molecule is CNC(=O)c1cc(NC2CC2c2ccccc2)ccn1. The molecule has 1 saturated carbocycles. The molecule has 4 heteroatoms. The van der Waals surface area contributed by atoms with Crippen LogP contribution >= 0.6 is 0 Å². The Hall–Kier alpha value is -2.36. The molecule has 1 aliphatic rings. The number of nitrogens with zero attached hydrogens (tertiary/aromatic N) is 1. The van der Waals surface area contributed by atoms with E-state index < -0.39 is 0 Å². The molecule has 3 rings (SSSR count). The molecule has 1 aliphatic carbocycles. The molecule has 20 heavy (non-hydrogen) atoms. The predicted molar refractivity (Wildman–Crippen MR) is 78.8 cm³/mol. The number of hydrogen-bond acceptors (Lipinski definition) is 3. The largest absolute Gasteiger partial charge is 0.382 e. The first-order valence-electron chi connectivity index (χ1n) is 6.77. The summed E-state index contributed by atoms with van der Waals surface area (Å²) in [6, 6.07) is 14.6. The van der Waals surface area contributed by atoms with Crippen LogP contribution in [0.3, 0.4) is 0 Å². The van der Waals surface area contributed by atoms with E-state index in [1.54, 1.807) is 19.3 Å². The van der Waals surface area contributed by atoms with Crippen molar-refractivity contribution in [1.82, 2.24) is 10.3 Å². The summed E-state index contributed by atoms with van der Waals surface area (Å²) in [5, 5.41) is 6.05. The van der Waals surface area contributed by atoms with Crippen LogP contribution in [-0.2, 0) is 0 Å². The van der Waals surface area contributed by atoms with E-state index in [9.17, 15) is 4.79 Å². The molecular formula is C16H17N3O. The molecule has 2 atom stereocenters. The Balaban J connectivity index is 1.67. The second-order valence-corrected chi connectivity index (χ2v) is 5.01. The summed E-state index contributed by atoms with van der Waals surface area (Å²) < 4.78 is 0. The number of amides is 1. The van der Waals surface area contributed by atoms with Crippen LogP contribution in [0.5, 0.6) is 0 Å². The second kappa shape index (κ2) is 5.33. The van der Waals surface area contributed by atoms with Gasteiger partial charge >= 0.3 is 0 Å². The Labute approximate surface area is 118 Å². The van der Waals surface area contributed by atoms with E-state index in [2.05, 4.69) is 39.9 Å². The smallest absolute Gasteiger partial charge is 0.269 e. The highest BCUT2D eigenvalue weighted by Crippen LogP contribution is 2.42. The fourth-order valence-corrected chi connectivity index (χ4v) is 2.41. The third-order valence-corrected chi connectivity index (χ3v) is 3.59. The van der Waals surface area contributed by atoms with Crippen molar-refractivity contribution in [2.24, 2.45) is 0 Å². The predicted octanol–water partition coefficient (Wildman–Crippen LogP) is 2.41. The monoisotopic (exact) mass is 267 g/mol. The minimum absolute atomic E-state index is 0.163. The maximum absolute atomic E-state index is 11.6. The molecule has 1 fully saturated rings. The van der Waals surface area contributed by atoms with Crippen molar-refractivity contribution in [3.8, 4) is 0 Å². The van der Waals surface area contributed by atoms with Crippen LogP contribution in [0.4, 0.5) is 5.69 Å². The number of pyridine rings is 1. The van der Waals surface area contributed by atoms with Crippen molar-refractivity contribution in [2.75, 3.05) is 12.4 Å². The van der Waals surface area contributed by atoms with Gasteiger partial charge in [0.05, 0.1) is 0 Å². The minimum atomic E-state index is -0.163. The van der Waals surface area contributed by atoms with Gasteiger partial charge in [-0.3, -0.25) is 9.78 Å². The number of rotatable bonds is 4. The standard InChI is InChI=1S/C16H17N3O/c1-17-16(20)15-9-12(7-8-18-15)19-14-10-13(14)11-5-3-2-4-6-11/h2-9,13-14H,10H2,1H3,(H,17,20)(H,18,19). The molecule has 1 aromatic heterocycles. The summed E-state index contributed by atoms with van der Waals surface area (Å²) in [4.78, 5) is 15.6. The van der Waals surface area contributed by atoms with E-state index in [0.717, 1.165) is 12.1 Å². The Kier molecular flexibility index (Phi) is 3.37. The lowest BCUT2D eigenvalue weighted by Crippen LogP contribution is -2.19. The third-order valence-electron chi connectivity index (χ3n) is 3.59. The summed E-state index contributed by atoms with van der Waals surface area (Å²) in [6.07, 6.45) is 2.79. The van der Waals surface area contributed by atoms with Crippen molar-refractivity contribution in [2.45, 2.75) is 18.4 Å². The molecule has 4 nitrogen and oxygen atoms in total. The number of hydrogen-bond donors (Lipinski definition) is 2.